The lowest BCUT2D eigenvalue weighted by Crippen LogP contribution is -2.51. The first kappa shape index (κ1) is 23.4. The Hall–Kier alpha value is -2.25. The van der Waals surface area contributed by atoms with Crippen LogP contribution in [-0.4, -0.2) is 33.5 Å². The molecular formula is C23H29ClN2O4S. The largest absolute Gasteiger partial charge is 0.476 e. The molecule has 0 saturated carbocycles. The number of nitrogens with one attached hydrogen (secondary N) is 1. The maximum Gasteiger partial charge on any atom is 0.264 e. The van der Waals surface area contributed by atoms with E-state index in [0.717, 1.165) is 25.7 Å². The Morgan fingerprint density at radius 3 is 2.58 bits per heavy atom. The summed E-state index contributed by atoms with van der Waals surface area (Å²) in [5, 5.41) is 3.41. The van der Waals surface area contributed by atoms with E-state index in [9.17, 15) is 13.2 Å². The molecule has 6 nitrogen and oxygen atoms in total. The van der Waals surface area contributed by atoms with Gasteiger partial charge in [-0.15, -0.1) is 0 Å². The summed E-state index contributed by atoms with van der Waals surface area (Å²) in [5.41, 5.74) is 0.413. The van der Waals surface area contributed by atoms with E-state index in [1.165, 1.54) is 28.6 Å². The average Bonchev–Trinajstić information content (AvgIpc) is 2.78. The Kier molecular flexibility index (Phi) is 7.84. The topological polar surface area (TPSA) is 75.7 Å². The summed E-state index contributed by atoms with van der Waals surface area (Å²) in [4.78, 5) is 13.0. The lowest BCUT2D eigenvalue weighted by molar-refractivity contribution is -0.127. The van der Waals surface area contributed by atoms with Crippen LogP contribution in [0.15, 0.2) is 53.4 Å². The molecule has 0 unspecified atom stereocenters. The van der Waals surface area contributed by atoms with Crippen molar-refractivity contribution in [3.8, 4) is 5.75 Å². The SMILES string of the molecule is CCCC[C@H](CC)CNC(=O)[C@H]1CN(S(=O)(=O)c2ccc(Cl)cc2)c2ccccc2O1. The van der Waals surface area contributed by atoms with Crippen molar-refractivity contribution in [2.75, 3.05) is 17.4 Å². The van der Waals surface area contributed by atoms with Gasteiger partial charge in [-0.2, -0.15) is 0 Å². The van der Waals surface area contributed by atoms with Crippen molar-refractivity contribution in [2.24, 2.45) is 5.92 Å². The van der Waals surface area contributed by atoms with Gasteiger partial charge in [0.1, 0.15) is 5.75 Å². The van der Waals surface area contributed by atoms with Gasteiger partial charge in [-0.05, 0) is 48.7 Å². The summed E-state index contributed by atoms with van der Waals surface area (Å²) in [6.07, 6.45) is 3.34. The Morgan fingerprint density at radius 2 is 1.90 bits per heavy atom. The molecule has 0 radical (unpaired) electrons. The van der Waals surface area contributed by atoms with E-state index in [0.29, 0.717) is 28.9 Å². The fourth-order valence-corrected chi connectivity index (χ4v) is 5.20. The zero-order valence-electron chi connectivity index (χ0n) is 17.9. The van der Waals surface area contributed by atoms with Crippen LogP contribution in [0.1, 0.15) is 39.5 Å². The number of rotatable bonds is 9. The number of halogens is 1. The third-order valence-corrected chi connectivity index (χ3v) is 7.58. The molecule has 0 bridgehead atoms. The molecule has 2 aromatic carbocycles. The third kappa shape index (κ3) is 5.52. The van der Waals surface area contributed by atoms with E-state index in [4.69, 9.17) is 16.3 Å². The number of unbranched alkanes of at least 4 members (excludes halogenated alkanes) is 1. The van der Waals surface area contributed by atoms with Crippen molar-refractivity contribution in [2.45, 2.75) is 50.5 Å². The summed E-state index contributed by atoms with van der Waals surface area (Å²) in [6, 6.07) is 12.8. The van der Waals surface area contributed by atoms with Crippen molar-refractivity contribution in [3.63, 3.8) is 0 Å². The summed E-state index contributed by atoms with van der Waals surface area (Å²) in [6.45, 7) is 4.72. The van der Waals surface area contributed by atoms with Crippen LogP contribution in [0.4, 0.5) is 5.69 Å². The number of anilines is 1. The third-order valence-electron chi connectivity index (χ3n) is 5.54. The van der Waals surface area contributed by atoms with Gasteiger partial charge in [-0.25, -0.2) is 8.42 Å². The van der Waals surface area contributed by atoms with Crippen molar-refractivity contribution >= 4 is 33.2 Å². The molecular weight excluding hydrogens is 436 g/mol. The minimum atomic E-state index is -3.89. The van der Waals surface area contributed by atoms with Crippen LogP contribution < -0.4 is 14.4 Å². The van der Waals surface area contributed by atoms with Crippen LogP contribution in [-0.2, 0) is 14.8 Å². The molecule has 0 fully saturated rings. The number of hydrogen-bond donors (Lipinski definition) is 1. The summed E-state index contributed by atoms with van der Waals surface area (Å²) >= 11 is 5.92. The highest BCUT2D eigenvalue weighted by molar-refractivity contribution is 7.92. The normalized spacial score (nSPS) is 16.9. The summed E-state index contributed by atoms with van der Waals surface area (Å²) < 4.78 is 33.8. The zero-order chi connectivity index (χ0) is 22.4. The Bertz CT molecular complexity index is 995. The lowest BCUT2D eigenvalue weighted by Gasteiger charge is -2.35. The van der Waals surface area contributed by atoms with Crippen LogP contribution in [0.25, 0.3) is 0 Å². The number of amides is 1. The number of carbonyl (C=O) groups excluding carboxylic acids is 1. The van der Waals surface area contributed by atoms with Gasteiger partial charge in [0.05, 0.1) is 17.1 Å². The first-order valence-electron chi connectivity index (χ1n) is 10.7. The molecule has 0 aromatic heterocycles. The number of sulfonamides is 1. The second kappa shape index (κ2) is 10.4. The van der Waals surface area contributed by atoms with Gasteiger partial charge in [0.25, 0.3) is 15.9 Å². The number of carbonyl (C=O) groups is 1. The minimum Gasteiger partial charge on any atom is -0.476 e. The summed E-state index contributed by atoms with van der Waals surface area (Å²) in [5.74, 6) is 0.457. The maximum absolute atomic E-state index is 13.4. The van der Waals surface area contributed by atoms with Gasteiger partial charge in [0.2, 0.25) is 0 Å². The molecule has 8 heteroatoms. The first-order valence-corrected chi connectivity index (χ1v) is 12.5. The monoisotopic (exact) mass is 464 g/mol. The zero-order valence-corrected chi connectivity index (χ0v) is 19.5. The quantitative estimate of drug-likeness (QED) is 0.587. The molecule has 0 saturated heterocycles. The molecule has 0 aliphatic carbocycles. The van der Waals surface area contributed by atoms with E-state index >= 15 is 0 Å². The number of fused-ring (bicyclic) bond motifs is 1. The summed E-state index contributed by atoms with van der Waals surface area (Å²) in [7, 11) is -3.89. The average molecular weight is 465 g/mol. The van der Waals surface area contributed by atoms with Crippen LogP contribution in [0.5, 0.6) is 5.75 Å². The van der Waals surface area contributed by atoms with Crippen LogP contribution >= 0.6 is 11.6 Å². The molecule has 168 valence electrons. The Balaban J connectivity index is 1.81. The van der Waals surface area contributed by atoms with Gasteiger partial charge < -0.3 is 10.1 Å². The molecule has 3 rings (SSSR count). The van der Waals surface area contributed by atoms with Gasteiger partial charge in [0.15, 0.2) is 6.10 Å². The van der Waals surface area contributed by atoms with Crippen molar-refractivity contribution in [1.82, 2.24) is 5.32 Å². The van der Waals surface area contributed by atoms with Gasteiger partial charge in [-0.1, -0.05) is 56.8 Å². The molecule has 0 spiro atoms. The van der Waals surface area contributed by atoms with Crippen molar-refractivity contribution < 1.29 is 17.9 Å². The molecule has 1 heterocycles. The maximum atomic E-state index is 13.4. The van der Waals surface area contributed by atoms with Crippen LogP contribution in [0.2, 0.25) is 5.02 Å². The molecule has 2 aromatic rings. The molecule has 1 N–H and O–H groups in total. The first-order chi connectivity index (χ1) is 14.9. The predicted molar refractivity (Wildman–Crippen MR) is 123 cm³/mol. The Morgan fingerprint density at radius 1 is 1.19 bits per heavy atom. The van der Waals surface area contributed by atoms with Gasteiger partial charge in [0, 0.05) is 11.6 Å². The predicted octanol–water partition coefficient (Wildman–Crippen LogP) is 4.63. The number of nitrogens with zero attached hydrogens (tertiary/aromatic N) is 1. The molecule has 1 aliphatic heterocycles. The second-order valence-electron chi connectivity index (χ2n) is 7.73. The van der Waals surface area contributed by atoms with Crippen LogP contribution in [0, 0.1) is 5.92 Å². The fourth-order valence-electron chi connectivity index (χ4n) is 3.60. The standard InChI is InChI=1S/C23H29ClN2O4S/c1-3-5-8-17(4-2)15-25-23(27)22-16-26(20-9-6-7-10-21(20)30-22)31(28,29)19-13-11-18(24)12-14-19/h6-7,9-14,17,22H,3-5,8,15-16H2,1-2H3,(H,25,27)/t17-,22+/m0/s1. The van der Waals surface area contributed by atoms with Crippen molar-refractivity contribution in [1.29, 1.82) is 0 Å². The van der Waals surface area contributed by atoms with Gasteiger partial charge >= 0.3 is 0 Å². The van der Waals surface area contributed by atoms with Crippen LogP contribution in [0.3, 0.4) is 0 Å². The highest BCUT2D eigenvalue weighted by Gasteiger charge is 2.37. The van der Waals surface area contributed by atoms with Gasteiger partial charge in [-0.3, -0.25) is 9.10 Å². The van der Waals surface area contributed by atoms with E-state index in [1.54, 1.807) is 24.3 Å². The number of hydrogen-bond acceptors (Lipinski definition) is 4. The molecule has 1 aliphatic rings. The second-order valence-corrected chi connectivity index (χ2v) is 10.0. The number of para-hydroxylation sites is 2. The highest BCUT2D eigenvalue weighted by atomic mass is 35.5. The molecule has 2 atom stereocenters. The van der Waals surface area contributed by atoms with E-state index in [1.807, 2.05) is 0 Å². The fraction of sp³-hybridized carbons (Fsp3) is 0.435. The molecule has 31 heavy (non-hydrogen) atoms. The van der Waals surface area contributed by atoms with E-state index < -0.39 is 16.1 Å². The highest BCUT2D eigenvalue weighted by Crippen LogP contribution is 2.37. The van der Waals surface area contributed by atoms with E-state index in [-0.39, 0.29) is 17.3 Å². The smallest absolute Gasteiger partial charge is 0.264 e. The molecule has 1 amide bonds. The van der Waals surface area contributed by atoms with Crippen molar-refractivity contribution in [3.05, 3.63) is 53.6 Å². The lowest BCUT2D eigenvalue weighted by atomic mass is 9.99. The number of ether oxygens (including phenoxy) is 1. The minimum absolute atomic E-state index is 0.0977. The van der Waals surface area contributed by atoms with E-state index in [2.05, 4.69) is 19.2 Å². The Labute approximate surface area is 189 Å². The number of benzene rings is 2.